The largest absolute Gasteiger partial charge is 0.336 e. The van der Waals surface area contributed by atoms with Crippen molar-refractivity contribution < 1.29 is 14.5 Å². The third-order valence-corrected chi connectivity index (χ3v) is 6.09. The SMILES string of the molecule is O=C1c2ccc3cc(C(=O)N4CCN(Cc5ccccc5)CC4)cnc3c2N=C[C@@H]1[N+](=O)[O-]. The van der Waals surface area contributed by atoms with Gasteiger partial charge < -0.3 is 4.90 Å². The molecule has 1 saturated heterocycles. The number of hydrogen-bond donors (Lipinski definition) is 0. The quantitative estimate of drug-likeness (QED) is 0.453. The van der Waals surface area contributed by atoms with Crippen molar-refractivity contribution in [1.82, 2.24) is 14.8 Å². The fraction of sp³-hybridized carbons (Fsp3) is 0.250. The molecule has 0 spiro atoms. The second kappa shape index (κ2) is 8.51. The Morgan fingerprint density at radius 2 is 1.85 bits per heavy atom. The highest BCUT2D eigenvalue weighted by molar-refractivity contribution is 6.18. The Balaban J connectivity index is 1.31. The van der Waals surface area contributed by atoms with E-state index in [0.29, 0.717) is 35.2 Å². The van der Waals surface area contributed by atoms with Gasteiger partial charge in [0.05, 0.1) is 22.9 Å². The number of nitro groups is 1. The number of benzene rings is 2. The number of Topliss-reactive ketones (excluding diaryl/α,β-unsaturated/α-hetero) is 1. The van der Waals surface area contributed by atoms with E-state index in [1.54, 1.807) is 12.1 Å². The molecule has 9 heteroatoms. The minimum atomic E-state index is -1.48. The zero-order chi connectivity index (χ0) is 22.9. The van der Waals surface area contributed by atoms with E-state index in [2.05, 4.69) is 27.0 Å². The molecule has 0 N–H and O–H groups in total. The summed E-state index contributed by atoms with van der Waals surface area (Å²) in [5.41, 5.74) is 2.65. The molecule has 166 valence electrons. The summed E-state index contributed by atoms with van der Waals surface area (Å²) in [5, 5.41) is 11.7. The van der Waals surface area contributed by atoms with Gasteiger partial charge in [0.1, 0.15) is 5.69 Å². The van der Waals surface area contributed by atoms with E-state index in [-0.39, 0.29) is 11.5 Å². The molecule has 0 unspecified atom stereocenters. The fourth-order valence-corrected chi connectivity index (χ4v) is 4.29. The molecule has 0 aliphatic carbocycles. The first-order valence-electron chi connectivity index (χ1n) is 10.7. The number of fused-ring (bicyclic) bond motifs is 3. The highest BCUT2D eigenvalue weighted by Crippen LogP contribution is 2.32. The first kappa shape index (κ1) is 20.9. The minimum Gasteiger partial charge on any atom is -0.336 e. The van der Waals surface area contributed by atoms with Gasteiger partial charge in [0, 0.05) is 49.2 Å². The van der Waals surface area contributed by atoms with E-state index in [4.69, 9.17) is 0 Å². The summed E-state index contributed by atoms with van der Waals surface area (Å²) in [6.45, 7) is 3.72. The van der Waals surface area contributed by atoms with Crippen LogP contribution < -0.4 is 0 Å². The van der Waals surface area contributed by atoms with Crippen LogP contribution in [0.4, 0.5) is 5.69 Å². The van der Waals surface area contributed by atoms with Crippen LogP contribution in [0.15, 0.2) is 59.7 Å². The molecule has 1 atom stereocenters. The Morgan fingerprint density at radius 3 is 2.58 bits per heavy atom. The second-order valence-electron chi connectivity index (χ2n) is 8.18. The first-order valence-corrected chi connectivity index (χ1v) is 10.7. The Kier molecular flexibility index (Phi) is 5.39. The molecular weight excluding hydrogens is 422 g/mol. The maximum Gasteiger partial charge on any atom is 0.309 e. The summed E-state index contributed by atoms with van der Waals surface area (Å²) >= 11 is 0. The number of piperazine rings is 1. The number of rotatable bonds is 4. The van der Waals surface area contributed by atoms with Crippen LogP contribution in [0, 0.1) is 10.1 Å². The molecule has 1 aromatic heterocycles. The van der Waals surface area contributed by atoms with Gasteiger partial charge in [0.2, 0.25) is 5.78 Å². The Hall–Kier alpha value is -3.98. The third-order valence-electron chi connectivity index (χ3n) is 6.09. The zero-order valence-electron chi connectivity index (χ0n) is 17.8. The molecule has 3 aromatic rings. The lowest BCUT2D eigenvalue weighted by molar-refractivity contribution is -0.485. The fourth-order valence-electron chi connectivity index (χ4n) is 4.29. The van der Waals surface area contributed by atoms with Gasteiger partial charge in [-0.2, -0.15) is 0 Å². The molecule has 5 rings (SSSR count). The number of nitrogens with zero attached hydrogens (tertiary/aromatic N) is 5. The van der Waals surface area contributed by atoms with Gasteiger partial charge in [-0.25, -0.2) is 0 Å². The van der Waals surface area contributed by atoms with Crippen LogP contribution in [0.1, 0.15) is 26.3 Å². The molecule has 3 heterocycles. The number of ketones is 1. The van der Waals surface area contributed by atoms with E-state index in [9.17, 15) is 19.7 Å². The van der Waals surface area contributed by atoms with Crippen molar-refractivity contribution in [1.29, 1.82) is 0 Å². The number of amides is 1. The molecular formula is C24H21N5O4. The van der Waals surface area contributed by atoms with Gasteiger partial charge in [-0.05, 0) is 17.7 Å². The molecule has 2 aliphatic heterocycles. The highest BCUT2D eigenvalue weighted by atomic mass is 16.6. The lowest BCUT2D eigenvalue weighted by Gasteiger charge is -2.34. The van der Waals surface area contributed by atoms with Gasteiger partial charge >= 0.3 is 6.04 Å². The highest BCUT2D eigenvalue weighted by Gasteiger charge is 2.34. The molecule has 0 bridgehead atoms. The van der Waals surface area contributed by atoms with Crippen molar-refractivity contribution in [3.05, 3.63) is 81.5 Å². The predicted molar refractivity (Wildman–Crippen MR) is 123 cm³/mol. The summed E-state index contributed by atoms with van der Waals surface area (Å²) in [4.78, 5) is 48.5. The van der Waals surface area contributed by atoms with Crippen molar-refractivity contribution in [2.45, 2.75) is 12.6 Å². The molecule has 33 heavy (non-hydrogen) atoms. The molecule has 2 aromatic carbocycles. The number of pyridine rings is 1. The topological polar surface area (TPSA) is 109 Å². The number of hydrogen-bond acceptors (Lipinski definition) is 7. The molecule has 0 radical (unpaired) electrons. The van der Waals surface area contributed by atoms with E-state index in [0.717, 1.165) is 25.8 Å². The number of carbonyl (C=O) groups is 2. The maximum absolute atomic E-state index is 13.1. The number of carbonyl (C=O) groups excluding carboxylic acids is 2. The Morgan fingerprint density at radius 1 is 1.09 bits per heavy atom. The molecule has 1 amide bonds. The summed E-state index contributed by atoms with van der Waals surface area (Å²) < 4.78 is 0. The van der Waals surface area contributed by atoms with Crippen molar-refractivity contribution >= 4 is 34.5 Å². The van der Waals surface area contributed by atoms with Crippen molar-refractivity contribution in [2.24, 2.45) is 4.99 Å². The van der Waals surface area contributed by atoms with Gasteiger partial charge in [-0.1, -0.05) is 36.4 Å². The molecule has 9 nitrogen and oxygen atoms in total. The smallest absolute Gasteiger partial charge is 0.309 e. The second-order valence-corrected chi connectivity index (χ2v) is 8.18. The van der Waals surface area contributed by atoms with Crippen LogP contribution in [0.25, 0.3) is 10.9 Å². The Bertz CT molecular complexity index is 1280. The number of aromatic nitrogens is 1. The normalized spacial score (nSPS) is 18.4. The van der Waals surface area contributed by atoms with Gasteiger partial charge in [0.15, 0.2) is 0 Å². The van der Waals surface area contributed by atoms with Crippen molar-refractivity contribution in [2.75, 3.05) is 26.2 Å². The predicted octanol–water partition coefficient (Wildman–Crippen LogP) is 2.74. The lowest BCUT2D eigenvalue weighted by Crippen LogP contribution is -2.48. The lowest BCUT2D eigenvalue weighted by atomic mass is 9.98. The summed E-state index contributed by atoms with van der Waals surface area (Å²) in [6.07, 6.45) is 2.53. The molecule has 1 fully saturated rings. The Labute approximate surface area is 189 Å². The van der Waals surface area contributed by atoms with Crippen LogP contribution in [-0.2, 0) is 6.54 Å². The summed E-state index contributed by atoms with van der Waals surface area (Å²) in [5.74, 6) is -0.697. The first-order chi connectivity index (χ1) is 16.0. The molecule has 0 saturated carbocycles. The van der Waals surface area contributed by atoms with Crippen molar-refractivity contribution in [3.8, 4) is 0 Å². The average molecular weight is 443 g/mol. The van der Waals surface area contributed by atoms with Crippen LogP contribution in [0.5, 0.6) is 0 Å². The maximum atomic E-state index is 13.1. The number of aliphatic imine (C=N–C) groups is 1. The van der Waals surface area contributed by atoms with Gasteiger partial charge in [-0.3, -0.25) is 34.6 Å². The van der Waals surface area contributed by atoms with Gasteiger partial charge in [-0.15, -0.1) is 0 Å². The van der Waals surface area contributed by atoms with Crippen LogP contribution >= 0.6 is 0 Å². The van der Waals surface area contributed by atoms with Crippen LogP contribution in [-0.4, -0.2) is 69.8 Å². The zero-order valence-corrected chi connectivity index (χ0v) is 17.8. The summed E-state index contributed by atoms with van der Waals surface area (Å²) in [7, 11) is 0. The average Bonchev–Trinajstić information content (AvgIpc) is 2.84. The standard InChI is InChI=1S/C24H21N5O4/c30-23-19-7-6-17-12-18(13-25-21(17)22(19)26-14-20(23)29(32)33)24(31)28-10-8-27(9-11-28)15-16-4-2-1-3-5-16/h1-7,12-14,20H,8-11,15H2/t20-/m0/s1. The van der Waals surface area contributed by atoms with E-state index < -0.39 is 16.7 Å². The van der Waals surface area contributed by atoms with Crippen molar-refractivity contribution in [3.63, 3.8) is 0 Å². The van der Waals surface area contributed by atoms with Gasteiger partial charge in [0.25, 0.3) is 5.91 Å². The van der Waals surface area contributed by atoms with E-state index in [1.807, 2.05) is 23.1 Å². The van der Waals surface area contributed by atoms with E-state index in [1.165, 1.54) is 17.8 Å². The molecule has 2 aliphatic rings. The monoisotopic (exact) mass is 443 g/mol. The van der Waals surface area contributed by atoms with Crippen LogP contribution in [0.3, 0.4) is 0 Å². The summed E-state index contributed by atoms with van der Waals surface area (Å²) in [6, 6.07) is 13.7. The van der Waals surface area contributed by atoms with Crippen LogP contribution in [0.2, 0.25) is 0 Å². The van der Waals surface area contributed by atoms with E-state index >= 15 is 0 Å². The minimum absolute atomic E-state index is 0.0884. The third kappa shape index (κ3) is 3.98.